The SMILES string of the molecule is c1cc(CNC2CC2)c(COCC2CCOC2)o1. The van der Waals surface area contributed by atoms with Crippen molar-refractivity contribution in [1.82, 2.24) is 5.32 Å². The molecule has 1 saturated heterocycles. The first kappa shape index (κ1) is 12.2. The van der Waals surface area contributed by atoms with Gasteiger partial charge in [-0.3, -0.25) is 0 Å². The van der Waals surface area contributed by atoms with Crippen LogP contribution >= 0.6 is 0 Å². The van der Waals surface area contributed by atoms with Crippen molar-refractivity contribution in [2.75, 3.05) is 19.8 Å². The summed E-state index contributed by atoms with van der Waals surface area (Å²) >= 11 is 0. The van der Waals surface area contributed by atoms with Gasteiger partial charge in [0.2, 0.25) is 0 Å². The molecule has 2 fully saturated rings. The molecule has 0 radical (unpaired) electrons. The van der Waals surface area contributed by atoms with E-state index in [1.807, 2.05) is 6.07 Å². The summed E-state index contributed by atoms with van der Waals surface area (Å²) in [6, 6.07) is 2.76. The first-order valence-electron chi connectivity index (χ1n) is 6.86. The maximum atomic E-state index is 5.72. The van der Waals surface area contributed by atoms with Crippen LogP contribution in [0.5, 0.6) is 0 Å². The molecular weight excluding hydrogens is 230 g/mol. The molecule has 0 bridgehead atoms. The van der Waals surface area contributed by atoms with Crippen molar-refractivity contribution in [2.24, 2.45) is 5.92 Å². The fraction of sp³-hybridized carbons (Fsp3) is 0.714. The van der Waals surface area contributed by atoms with Gasteiger partial charge in [-0.2, -0.15) is 0 Å². The Morgan fingerprint density at radius 2 is 2.28 bits per heavy atom. The van der Waals surface area contributed by atoms with E-state index < -0.39 is 0 Å². The van der Waals surface area contributed by atoms with Gasteiger partial charge < -0.3 is 19.2 Å². The average molecular weight is 251 g/mol. The lowest BCUT2D eigenvalue weighted by molar-refractivity contribution is 0.0685. The van der Waals surface area contributed by atoms with E-state index in [-0.39, 0.29) is 0 Å². The Kier molecular flexibility index (Phi) is 3.98. The molecule has 1 N–H and O–H groups in total. The highest BCUT2D eigenvalue weighted by Crippen LogP contribution is 2.21. The maximum Gasteiger partial charge on any atom is 0.133 e. The van der Waals surface area contributed by atoms with Crippen LogP contribution in [0.4, 0.5) is 0 Å². The molecule has 0 amide bonds. The minimum Gasteiger partial charge on any atom is -0.467 e. The van der Waals surface area contributed by atoms with Gasteiger partial charge in [-0.25, -0.2) is 0 Å². The molecule has 4 heteroatoms. The van der Waals surface area contributed by atoms with Crippen molar-refractivity contribution in [2.45, 2.75) is 38.5 Å². The molecule has 1 aliphatic carbocycles. The molecule has 3 rings (SSSR count). The average Bonchev–Trinajstić information content (AvgIpc) is 2.89. The van der Waals surface area contributed by atoms with E-state index in [0.717, 1.165) is 44.6 Å². The molecule has 1 aromatic rings. The van der Waals surface area contributed by atoms with Crippen LogP contribution in [-0.2, 0) is 22.6 Å². The Labute approximate surface area is 108 Å². The van der Waals surface area contributed by atoms with Gasteiger partial charge in [-0.15, -0.1) is 0 Å². The lowest BCUT2D eigenvalue weighted by Crippen LogP contribution is -2.16. The zero-order valence-corrected chi connectivity index (χ0v) is 10.7. The van der Waals surface area contributed by atoms with Crippen LogP contribution in [0.2, 0.25) is 0 Å². The Morgan fingerprint density at radius 1 is 1.33 bits per heavy atom. The van der Waals surface area contributed by atoms with Crippen LogP contribution in [-0.4, -0.2) is 25.9 Å². The normalized spacial score (nSPS) is 23.7. The van der Waals surface area contributed by atoms with Gasteiger partial charge in [0.05, 0.1) is 19.5 Å². The predicted molar refractivity (Wildman–Crippen MR) is 67.2 cm³/mol. The summed E-state index contributed by atoms with van der Waals surface area (Å²) in [5.41, 5.74) is 1.23. The number of furan rings is 1. The standard InChI is InChI=1S/C14H21NO3/c1-2-13(1)15-7-12-4-6-18-14(12)10-17-9-11-3-5-16-8-11/h4,6,11,13,15H,1-3,5,7-10H2. The Morgan fingerprint density at radius 3 is 3.06 bits per heavy atom. The number of hydrogen-bond acceptors (Lipinski definition) is 4. The van der Waals surface area contributed by atoms with E-state index >= 15 is 0 Å². The van der Waals surface area contributed by atoms with Gasteiger partial charge in [-0.1, -0.05) is 0 Å². The van der Waals surface area contributed by atoms with Crippen LogP contribution in [0.15, 0.2) is 16.7 Å². The van der Waals surface area contributed by atoms with Crippen molar-refractivity contribution in [1.29, 1.82) is 0 Å². The van der Waals surface area contributed by atoms with Crippen LogP contribution in [0.25, 0.3) is 0 Å². The minimum absolute atomic E-state index is 0.563. The van der Waals surface area contributed by atoms with Crippen LogP contribution in [0, 0.1) is 5.92 Å². The third kappa shape index (κ3) is 3.34. The fourth-order valence-electron chi connectivity index (χ4n) is 2.23. The van der Waals surface area contributed by atoms with Crippen LogP contribution in [0.3, 0.4) is 0 Å². The van der Waals surface area contributed by atoms with Crippen molar-refractivity contribution in [3.05, 3.63) is 23.7 Å². The monoisotopic (exact) mass is 251 g/mol. The van der Waals surface area contributed by atoms with Crippen molar-refractivity contribution >= 4 is 0 Å². The zero-order valence-electron chi connectivity index (χ0n) is 10.7. The van der Waals surface area contributed by atoms with Gasteiger partial charge in [0.1, 0.15) is 12.4 Å². The molecular formula is C14H21NO3. The van der Waals surface area contributed by atoms with Gasteiger partial charge in [0, 0.05) is 30.7 Å². The maximum absolute atomic E-state index is 5.72. The molecule has 1 saturated carbocycles. The van der Waals surface area contributed by atoms with Gasteiger partial charge >= 0.3 is 0 Å². The third-order valence-electron chi connectivity index (χ3n) is 3.61. The molecule has 18 heavy (non-hydrogen) atoms. The van der Waals surface area contributed by atoms with E-state index in [1.54, 1.807) is 6.26 Å². The summed E-state index contributed by atoms with van der Waals surface area (Å²) in [7, 11) is 0. The van der Waals surface area contributed by atoms with E-state index in [2.05, 4.69) is 5.32 Å². The van der Waals surface area contributed by atoms with E-state index in [0.29, 0.717) is 12.5 Å². The topological polar surface area (TPSA) is 43.6 Å². The lowest BCUT2D eigenvalue weighted by Gasteiger charge is -2.08. The van der Waals surface area contributed by atoms with E-state index in [1.165, 1.54) is 18.4 Å². The molecule has 2 aliphatic rings. The summed E-state index contributed by atoms with van der Waals surface area (Å²) in [5, 5.41) is 3.50. The second-order valence-corrected chi connectivity index (χ2v) is 5.27. The summed E-state index contributed by atoms with van der Waals surface area (Å²) in [5.74, 6) is 1.52. The fourth-order valence-corrected chi connectivity index (χ4v) is 2.23. The lowest BCUT2D eigenvalue weighted by atomic mass is 10.1. The summed E-state index contributed by atoms with van der Waals surface area (Å²) in [6.45, 7) is 3.97. The second kappa shape index (κ2) is 5.87. The van der Waals surface area contributed by atoms with Gasteiger partial charge in [0.15, 0.2) is 0 Å². The zero-order chi connectivity index (χ0) is 12.2. The molecule has 1 unspecified atom stereocenters. The highest BCUT2D eigenvalue weighted by atomic mass is 16.5. The smallest absolute Gasteiger partial charge is 0.133 e. The number of ether oxygens (including phenoxy) is 2. The number of hydrogen-bond donors (Lipinski definition) is 1. The molecule has 0 spiro atoms. The number of rotatable bonds is 7. The summed E-state index contributed by atoms with van der Waals surface area (Å²) in [6.07, 6.45) is 5.49. The molecule has 0 aromatic carbocycles. The Bertz CT molecular complexity index is 367. The summed E-state index contributed by atoms with van der Waals surface area (Å²) < 4.78 is 16.5. The molecule has 1 aliphatic heterocycles. The van der Waals surface area contributed by atoms with Gasteiger partial charge in [0.25, 0.3) is 0 Å². The summed E-state index contributed by atoms with van der Waals surface area (Å²) in [4.78, 5) is 0. The quantitative estimate of drug-likeness (QED) is 0.806. The minimum atomic E-state index is 0.563. The highest BCUT2D eigenvalue weighted by Gasteiger charge is 2.21. The largest absolute Gasteiger partial charge is 0.467 e. The Balaban J connectivity index is 1.41. The molecule has 2 heterocycles. The molecule has 1 aromatic heterocycles. The van der Waals surface area contributed by atoms with E-state index in [4.69, 9.17) is 13.9 Å². The predicted octanol–water partition coefficient (Wildman–Crippen LogP) is 2.08. The highest BCUT2D eigenvalue weighted by molar-refractivity contribution is 5.16. The molecule has 100 valence electrons. The molecule has 4 nitrogen and oxygen atoms in total. The first-order valence-corrected chi connectivity index (χ1v) is 6.86. The van der Waals surface area contributed by atoms with Crippen molar-refractivity contribution < 1.29 is 13.9 Å². The Hall–Kier alpha value is -0.840. The van der Waals surface area contributed by atoms with Crippen LogP contribution < -0.4 is 5.32 Å². The molecule has 1 atom stereocenters. The van der Waals surface area contributed by atoms with Gasteiger partial charge in [-0.05, 0) is 25.3 Å². The van der Waals surface area contributed by atoms with E-state index in [9.17, 15) is 0 Å². The third-order valence-corrected chi connectivity index (χ3v) is 3.61. The number of nitrogens with one attached hydrogen (secondary N) is 1. The van der Waals surface area contributed by atoms with Crippen molar-refractivity contribution in [3.63, 3.8) is 0 Å². The van der Waals surface area contributed by atoms with Crippen LogP contribution in [0.1, 0.15) is 30.6 Å². The second-order valence-electron chi connectivity index (χ2n) is 5.27. The van der Waals surface area contributed by atoms with Crippen molar-refractivity contribution in [3.8, 4) is 0 Å². The first-order chi connectivity index (χ1) is 8.92.